The smallest absolute Gasteiger partial charge is 0.407 e. The normalized spacial score (nSPS) is 22.1. The number of hydrogen-bond donors (Lipinski definition) is 3. The Bertz CT molecular complexity index is 1760. The van der Waals surface area contributed by atoms with Crippen molar-refractivity contribution in [1.82, 2.24) is 29.7 Å². The number of sulfonamides is 1. The zero-order chi connectivity index (χ0) is 36.2. The zero-order valence-electron chi connectivity index (χ0n) is 29.7. The Morgan fingerprint density at radius 3 is 2.41 bits per heavy atom. The van der Waals surface area contributed by atoms with Gasteiger partial charge in [-0.25, -0.2) is 23.2 Å². The first kappa shape index (κ1) is 36.6. The molecule has 0 spiro atoms. The molecular formula is C34H49N9O7S. The number of morpholine rings is 1. The molecule has 6 rings (SSSR count). The molecule has 3 aromatic heterocycles. The maximum atomic E-state index is 11.9. The molecule has 0 radical (unpaired) electrons. The van der Waals surface area contributed by atoms with Gasteiger partial charge in [0.15, 0.2) is 5.75 Å². The van der Waals surface area contributed by atoms with Crippen LogP contribution in [0.5, 0.6) is 11.6 Å². The summed E-state index contributed by atoms with van der Waals surface area (Å²) in [6.07, 6.45) is 8.27. The number of aromatic nitrogens is 4. The van der Waals surface area contributed by atoms with E-state index in [0.29, 0.717) is 93.3 Å². The highest BCUT2D eigenvalue weighted by atomic mass is 32.2. The first-order valence-electron chi connectivity index (χ1n) is 17.5. The van der Waals surface area contributed by atoms with Crippen molar-refractivity contribution in [3.8, 4) is 11.6 Å². The lowest BCUT2D eigenvalue weighted by molar-refractivity contribution is 0.0179. The minimum atomic E-state index is -3.48. The van der Waals surface area contributed by atoms with Gasteiger partial charge >= 0.3 is 6.09 Å². The summed E-state index contributed by atoms with van der Waals surface area (Å²) in [7, 11) is -3.48. The molecule has 17 heteroatoms. The van der Waals surface area contributed by atoms with Gasteiger partial charge < -0.3 is 34.4 Å². The maximum Gasteiger partial charge on any atom is 0.407 e. The summed E-state index contributed by atoms with van der Waals surface area (Å²) in [6, 6.07) is 3.71. The van der Waals surface area contributed by atoms with Crippen molar-refractivity contribution < 1.29 is 32.5 Å². The van der Waals surface area contributed by atoms with Crippen LogP contribution >= 0.6 is 0 Å². The predicted molar refractivity (Wildman–Crippen MR) is 193 cm³/mol. The van der Waals surface area contributed by atoms with Crippen LogP contribution in [0, 0.1) is 5.41 Å². The Balaban J connectivity index is 1.01. The molecule has 3 aromatic rings. The predicted octanol–water partition coefficient (Wildman–Crippen LogP) is 3.52. The van der Waals surface area contributed by atoms with Gasteiger partial charge in [0.25, 0.3) is 0 Å². The Morgan fingerprint density at radius 1 is 1.02 bits per heavy atom. The van der Waals surface area contributed by atoms with Crippen LogP contribution in [0.3, 0.4) is 0 Å². The van der Waals surface area contributed by atoms with E-state index in [1.165, 1.54) is 6.20 Å². The Labute approximate surface area is 298 Å². The molecular weight excluding hydrogens is 678 g/mol. The van der Waals surface area contributed by atoms with Crippen molar-refractivity contribution in [2.24, 2.45) is 5.41 Å². The van der Waals surface area contributed by atoms with Gasteiger partial charge in [-0.2, -0.15) is 4.98 Å². The van der Waals surface area contributed by atoms with Gasteiger partial charge in [0, 0.05) is 51.4 Å². The summed E-state index contributed by atoms with van der Waals surface area (Å²) in [5.41, 5.74) is 0.865. The number of rotatable bonds is 11. The molecule has 3 aliphatic rings. The molecule has 16 nitrogen and oxygen atoms in total. The van der Waals surface area contributed by atoms with Gasteiger partial charge in [0.1, 0.15) is 18.5 Å². The fraction of sp³-hybridized carbons (Fsp3) is 0.618. The van der Waals surface area contributed by atoms with E-state index in [-0.39, 0.29) is 23.6 Å². The van der Waals surface area contributed by atoms with Crippen LogP contribution in [0.4, 0.5) is 22.2 Å². The summed E-state index contributed by atoms with van der Waals surface area (Å²) in [4.78, 5) is 36.0. The van der Waals surface area contributed by atoms with Crippen LogP contribution in [-0.2, 0) is 14.8 Å². The van der Waals surface area contributed by atoms with Gasteiger partial charge in [-0.3, -0.25) is 14.6 Å². The summed E-state index contributed by atoms with van der Waals surface area (Å²) >= 11 is 0. The molecule has 1 aliphatic carbocycles. The van der Waals surface area contributed by atoms with E-state index in [1.54, 1.807) is 23.4 Å². The standard InChI is InChI=1S/C34H49N9O7S/c1-34(2,3)29-22-41(9-10-43(29)33(44)45)11-16-49-26-20-36-32(37-21-26)38-23-5-7-25(8-6-23)50-31-27-17-24(40-51(4,46)47)19-35-28(27)18-30(39-31)42-12-14-48-15-13-42/h17-21,23,25,29,40H,5-16,22H2,1-4H3,(H,44,45)(H,36,37,38). The van der Waals surface area contributed by atoms with Gasteiger partial charge in [-0.05, 0) is 37.2 Å². The topological polar surface area (TPSA) is 184 Å². The van der Waals surface area contributed by atoms with Crippen LogP contribution in [-0.4, -0.2) is 133 Å². The quantitative estimate of drug-likeness (QED) is 0.261. The van der Waals surface area contributed by atoms with Crippen molar-refractivity contribution in [3.63, 3.8) is 0 Å². The van der Waals surface area contributed by atoms with Gasteiger partial charge in [0.05, 0.1) is 60.7 Å². The number of nitrogens with zero attached hydrogens (tertiary/aromatic N) is 7. The van der Waals surface area contributed by atoms with Gasteiger partial charge in [0.2, 0.25) is 21.9 Å². The maximum absolute atomic E-state index is 11.9. The number of hydrogen-bond acceptors (Lipinski definition) is 13. The third kappa shape index (κ3) is 9.77. The van der Waals surface area contributed by atoms with E-state index in [1.807, 2.05) is 6.07 Å². The Hall–Kier alpha value is -4.22. The lowest BCUT2D eigenvalue weighted by atomic mass is 9.84. The summed E-state index contributed by atoms with van der Waals surface area (Å²) in [6.45, 7) is 11.8. The summed E-state index contributed by atoms with van der Waals surface area (Å²) in [5, 5.41) is 13.7. The number of amides is 1. The first-order chi connectivity index (χ1) is 24.3. The second-order valence-electron chi connectivity index (χ2n) is 14.5. The number of nitrogens with one attached hydrogen (secondary N) is 2. The third-order valence-corrected chi connectivity index (χ3v) is 10.2. The van der Waals surface area contributed by atoms with Crippen LogP contribution in [0.25, 0.3) is 10.9 Å². The van der Waals surface area contributed by atoms with Crippen molar-refractivity contribution in [3.05, 3.63) is 30.7 Å². The Morgan fingerprint density at radius 2 is 1.75 bits per heavy atom. The van der Waals surface area contributed by atoms with E-state index in [9.17, 15) is 18.3 Å². The van der Waals surface area contributed by atoms with Crippen LogP contribution in [0.2, 0.25) is 0 Å². The van der Waals surface area contributed by atoms with E-state index in [0.717, 1.165) is 37.8 Å². The second kappa shape index (κ2) is 15.6. The number of carbonyl (C=O) groups is 1. The minimum absolute atomic E-state index is 0.0762. The lowest BCUT2D eigenvalue weighted by Crippen LogP contribution is -2.59. The average Bonchev–Trinajstić information content (AvgIpc) is 3.09. The number of carboxylic acid groups (broad SMARTS) is 1. The van der Waals surface area contributed by atoms with E-state index < -0.39 is 16.1 Å². The molecule has 278 valence electrons. The van der Waals surface area contributed by atoms with Crippen molar-refractivity contribution in [1.29, 1.82) is 0 Å². The Kier molecular flexibility index (Phi) is 11.2. The molecule has 1 atom stereocenters. The molecule has 1 unspecified atom stereocenters. The largest absolute Gasteiger partial charge is 0.489 e. The summed E-state index contributed by atoms with van der Waals surface area (Å²) in [5.74, 6) is 2.31. The van der Waals surface area contributed by atoms with E-state index in [4.69, 9.17) is 19.2 Å². The van der Waals surface area contributed by atoms with E-state index in [2.05, 4.69) is 55.6 Å². The molecule has 51 heavy (non-hydrogen) atoms. The zero-order valence-corrected chi connectivity index (χ0v) is 30.6. The average molecular weight is 728 g/mol. The van der Waals surface area contributed by atoms with Crippen molar-refractivity contribution in [2.75, 3.05) is 80.3 Å². The minimum Gasteiger partial charge on any atom is -0.489 e. The van der Waals surface area contributed by atoms with Crippen LogP contribution < -0.4 is 24.4 Å². The second-order valence-corrected chi connectivity index (χ2v) is 16.3. The molecule has 2 saturated heterocycles. The highest BCUT2D eigenvalue weighted by Crippen LogP contribution is 2.33. The van der Waals surface area contributed by atoms with Crippen LogP contribution in [0.15, 0.2) is 30.7 Å². The molecule has 0 aromatic carbocycles. The third-order valence-electron chi connectivity index (χ3n) is 9.57. The highest BCUT2D eigenvalue weighted by molar-refractivity contribution is 7.92. The SMILES string of the molecule is CC(C)(C)C1CN(CCOc2cnc(NC3CCC(Oc4nc(N5CCOCC5)cc5ncc(NS(C)(=O)=O)cc45)CC3)nc2)CCN1C(=O)O. The number of anilines is 3. The lowest BCUT2D eigenvalue weighted by Gasteiger charge is -2.45. The van der Waals surface area contributed by atoms with Crippen molar-refractivity contribution >= 4 is 44.5 Å². The summed E-state index contributed by atoms with van der Waals surface area (Å²) < 4.78 is 44.3. The van der Waals surface area contributed by atoms with Gasteiger partial charge in [-0.15, -0.1) is 0 Å². The monoisotopic (exact) mass is 727 g/mol. The highest BCUT2D eigenvalue weighted by Gasteiger charge is 2.37. The number of pyridine rings is 2. The molecule has 0 bridgehead atoms. The number of fused-ring (bicyclic) bond motifs is 1. The van der Waals surface area contributed by atoms with Crippen molar-refractivity contribution in [2.45, 2.75) is 64.6 Å². The molecule has 2 aliphatic heterocycles. The van der Waals surface area contributed by atoms with Gasteiger partial charge in [-0.1, -0.05) is 20.8 Å². The molecule has 1 saturated carbocycles. The fourth-order valence-electron chi connectivity index (χ4n) is 6.83. The van der Waals surface area contributed by atoms with Crippen LogP contribution in [0.1, 0.15) is 46.5 Å². The molecule has 1 amide bonds. The fourth-order valence-corrected chi connectivity index (χ4v) is 7.37. The molecule has 3 N–H and O–H groups in total. The molecule has 5 heterocycles. The number of ether oxygens (including phenoxy) is 3. The first-order valence-corrected chi connectivity index (χ1v) is 19.4. The molecule has 3 fully saturated rings. The van der Waals surface area contributed by atoms with E-state index >= 15 is 0 Å². The number of piperazine rings is 1.